The minimum atomic E-state index is -0.0332. The topological polar surface area (TPSA) is 85.7 Å². The summed E-state index contributed by atoms with van der Waals surface area (Å²) in [5.41, 5.74) is 11.4. The van der Waals surface area contributed by atoms with Crippen LogP contribution in [-0.2, 0) is 13.2 Å². The number of anilines is 1. The first kappa shape index (κ1) is 19.8. The third kappa shape index (κ3) is 3.79. The fourth-order valence-corrected chi connectivity index (χ4v) is 3.75. The van der Waals surface area contributed by atoms with E-state index in [9.17, 15) is 5.11 Å². The molecule has 3 N–H and O–H groups in total. The Labute approximate surface area is 185 Å². The molecule has 0 amide bonds. The maximum absolute atomic E-state index is 9.54. The van der Waals surface area contributed by atoms with Crippen LogP contribution in [0, 0.1) is 0 Å². The van der Waals surface area contributed by atoms with Gasteiger partial charge in [-0.3, -0.25) is 4.40 Å². The van der Waals surface area contributed by atoms with Crippen LogP contribution in [0.3, 0.4) is 0 Å². The number of ether oxygens (including phenoxy) is 1. The second kappa shape index (κ2) is 8.53. The average molecular weight is 422 g/mol. The van der Waals surface area contributed by atoms with Crippen LogP contribution in [0.1, 0.15) is 11.1 Å². The van der Waals surface area contributed by atoms with Gasteiger partial charge in [-0.15, -0.1) is 0 Å². The number of rotatable bonds is 6. The highest BCUT2D eigenvalue weighted by atomic mass is 16.5. The van der Waals surface area contributed by atoms with Gasteiger partial charge in [-0.1, -0.05) is 60.7 Å². The van der Waals surface area contributed by atoms with Crippen molar-refractivity contribution in [1.82, 2.24) is 14.4 Å². The molecule has 5 rings (SSSR count). The molecule has 6 heteroatoms. The number of hydrogen-bond acceptors (Lipinski definition) is 5. The van der Waals surface area contributed by atoms with E-state index in [2.05, 4.69) is 4.98 Å². The summed E-state index contributed by atoms with van der Waals surface area (Å²) in [4.78, 5) is 9.21. The number of benzene rings is 3. The van der Waals surface area contributed by atoms with Crippen molar-refractivity contribution in [3.63, 3.8) is 0 Å². The minimum Gasteiger partial charge on any atom is -0.489 e. The first-order chi connectivity index (χ1) is 15.7. The van der Waals surface area contributed by atoms with Crippen molar-refractivity contribution in [2.24, 2.45) is 0 Å². The molecule has 2 heterocycles. The van der Waals surface area contributed by atoms with E-state index in [-0.39, 0.29) is 6.61 Å². The first-order valence-electron chi connectivity index (χ1n) is 10.3. The number of nitrogens with zero attached hydrogens (tertiary/aromatic N) is 3. The lowest BCUT2D eigenvalue weighted by Crippen LogP contribution is -1.97. The lowest BCUT2D eigenvalue weighted by molar-refractivity contribution is 0.282. The highest BCUT2D eigenvalue weighted by Crippen LogP contribution is 2.33. The molecule has 6 nitrogen and oxygen atoms in total. The van der Waals surface area contributed by atoms with Gasteiger partial charge in [0, 0.05) is 23.5 Å². The molecule has 0 fully saturated rings. The van der Waals surface area contributed by atoms with Crippen molar-refractivity contribution in [1.29, 1.82) is 0 Å². The average Bonchev–Trinajstić information content (AvgIpc) is 3.25. The molecule has 0 aliphatic rings. The van der Waals surface area contributed by atoms with Gasteiger partial charge in [0.25, 0.3) is 0 Å². The molecule has 0 radical (unpaired) electrons. The molecule has 0 unspecified atom stereocenters. The van der Waals surface area contributed by atoms with E-state index in [1.165, 1.54) is 0 Å². The Morgan fingerprint density at radius 3 is 2.50 bits per heavy atom. The zero-order valence-corrected chi connectivity index (χ0v) is 17.3. The number of nitrogens with two attached hydrogens (primary N) is 1. The summed E-state index contributed by atoms with van der Waals surface area (Å²) < 4.78 is 7.95. The smallest absolute Gasteiger partial charge is 0.150 e. The molecule has 158 valence electrons. The SMILES string of the molecule is Nc1nccn2c(-c3cccc(CO)c3)nc(-c3cccc(OCc4ccccc4)c3)c12. The first-order valence-corrected chi connectivity index (χ1v) is 10.3. The second-order valence-electron chi connectivity index (χ2n) is 7.48. The number of nitrogen functional groups attached to an aromatic ring is 1. The Morgan fingerprint density at radius 2 is 1.66 bits per heavy atom. The minimum absolute atomic E-state index is 0.0332. The maximum Gasteiger partial charge on any atom is 0.150 e. The van der Waals surface area contributed by atoms with E-state index in [1.54, 1.807) is 6.20 Å². The Morgan fingerprint density at radius 1 is 0.875 bits per heavy atom. The van der Waals surface area contributed by atoms with Crippen LogP contribution in [-0.4, -0.2) is 19.5 Å². The number of aliphatic hydroxyl groups is 1. The van der Waals surface area contributed by atoms with E-state index in [4.69, 9.17) is 15.5 Å². The molecule has 32 heavy (non-hydrogen) atoms. The molecule has 2 aromatic heterocycles. The summed E-state index contributed by atoms with van der Waals surface area (Å²) in [5, 5.41) is 9.54. The third-order valence-electron chi connectivity index (χ3n) is 5.31. The van der Waals surface area contributed by atoms with E-state index < -0.39 is 0 Å². The van der Waals surface area contributed by atoms with Crippen LogP contribution in [0.2, 0.25) is 0 Å². The van der Waals surface area contributed by atoms with E-state index >= 15 is 0 Å². The summed E-state index contributed by atoms with van der Waals surface area (Å²) >= 11 is 0. The zero-order chi connectivity index (χ0) is 21.9. The molecule has 0 aliphatic carbocycles. The molecule has 0 aliphatic heterocycles. The molecule has 0 bridgehead atoms. The third-order valence-corrected chi connectivity index (χ3v) is 5.31. The van der Waals surface area contributed by atoms with E-state index in [1.807, 2.05) is 89.5 Å². The van der Waals surface area contributed by atoms with Crippen molar-refractivity contribution in [2.75, 3.05) is 5.73 Å². The van der Waals surface area contributed by atoms with Crippen LogP contribution in [0.4, 0.5) is 5.82 Å². The predicted octanol–water partition coefficient (Wildman–Crippen LogP) is 4.72. The summed E-state index contributed by atoms with van der Waals surface area (Å²) in [5.74, 6) is 1.88. The number of aromatic nitrogens is 3. The number of fused-ring (bicyclic) bond motifs is 1. The Bertz CT molecular complexity index is 1380. The van der Waals surface area contributed by atoms with Gasteiger partial charge >= 0.3 is 0 Å². The summed E-state index contributed by atoms with van der Waals surface area (Å²) in [7, 11) is 0. The van der Waals surface area contributed by atoms with Crippen molar-refractivity contribution >= 4 is 11.3 Å². The molecule has 0 saturated carbocycles. The fraction of sp³-hybridized carbons (Fsp3) is 0.0769. The lowest BCUT2D eigenvalue weighted by Gasteiger charge is -2.08. The molecule has 0 saturated heterocycles. The van der Waals surface area contributed by atoms with Gasteiger partial charge in [0.05, 0.1) is 6.61 Å². The zero-order valence-electron chi connectivity index (χ0n) is 17.3. The molecular weight excluding hydrogens is 400 g/mol. The normalized spacial score (nSPS) is 11.0. The molecular formula is C26H22N4O2. The highest BCUT2D eigenvalue weighted by molar-refractivity contribution is 5.88. The Hall–Kier alpha value is -4.16. The molecule has 3 aromatic carbocycles. The van der Waals surface area contributed by atoms with Crippen molar-refractivity contribution in [2.45, 2.75) is 13.2 Å². The van der Waals surface area contributed by atoms with Crippen molar-refractivity contribution < 1.29 is 9.84 Å². The standard InChI is InChI=1S/C26H22N4O2/c27-25-24-23(20-9-5-11-22(15-20)32-17-18-6-2-1-3-7-18)29-26(30(24)13-12-28-25)21-10-4-8-19(14-21)16-31/h1-15,31H,16-17H2,(H2,27,28). The largest absolute Gasteiger partial charge is 0.489 e. The summed E-state index contributed by atoms with van der Waals surface area (Å²) in [6.07, 6.45) is 3.51. The molecule has 5 aromatic rings. The summed E-state index contributed by atoms with van der Waals surface area (Å²) in [6.45, 7) is 0.450. The molecule has 0 spiro atoms. The van der Waals surface area contributed by atoms with Gasteiger partial charge < -0.3 is 15.6 Å². The molecule has 0 atom stereocenters. The van der Waals surface area contributed by atoms with Gasteiger partial charge in [-0.25, -0.2) is 9.97 Å². The van der Waals surface area contributed by atoms with E-state index in [0.717, 1.165) is 45.0 Å². The maximum atomic E-state index is 9.54. The van der Waals surface area contributed by atoms with Gasteiger partial charge in [-0.05, 0) is 29.3 Å². The van der Waals surface area contributed by atoms with Crippen LogP contribution in [0.25, 0.3) is 28.2 Å². The predicted molar refractivity (Wildman–Crippen MR) is 125 cm³/mol. The van der Waals surface area contributed by atoms with Crippen LogP contribution < -0.4 is 10.5 Å². The number of aliphatic hydroxyl groups excluding tert-OH is 1. The van der Waals surface area contributed by atoms with E-state index in [0.29, 0.717) is 12.4 Å². The summed E-state index contributed by atoms with van der Waals surface area (Å²) in [6, 6.07) is 25.5. The van der Waals surface area contributed by atoms with Gasteiger partial charge in [0.1, 0.15) is 35.2 Å². The van der Waals surface area contributed by atoms with Gasteiger partial charge in [0.15, 0.2) is 0 Å². The quantitative estimate of drug-likeness (QED) is 0.414. The Balaban J connectivity index is 1.57. The second-order valence-corrected chi connectivity index (χ2v) is 7.48. The Kier molecular flexibility index (Phi) is 5.27. The van der Waals surface area contributed by atoms with Crippen molar-refractivity contribution in [3.8, 4) is 28.4 Å². The fourth-order valence-electron chi connectivity index (χ4n) is 3.75. The van der Waals surface area contributed by atoms with Crippen molar-refractivity contribution in [3.05, 3.63) is 102 Å². The van der Waals surface area contributed by atoms with Crippen LogP contribution >= 0.6 is 0 Å². The van der Waals surface area contributed by atoms with Gasteiger partial charge in [0.2, 0.25) is 0 Å². The van der Waals surface area contributed by atoms with Crippen LogP contribution in [0.5, 0.6) is 5.75 Å². The monoisotopic (exact) mass is 422 g/mol. The lowest BCUT2D eigenvalue weighted by atomic mass is 10.1. The number of hydrogen-bond donors (Lipinski definition) is 2. The van der Waals surface area contributed by atoms with Gasteiger partial charge in [-0.2, -0.15) is 0 Å². The highest BCUT2D eigenvalue weighted by Gasteiger charge is 2.18. The number of imidazole rings is 1. The van der Waals surface area contributed by atoms with Crippen LogP contribution in [0.15, 0.2) is 91.3 Å².